The van der Waals surface area contributed by atoms with E-state index in [0.29, 0.717) is 26.1 Å². The Kier molecular flexibility index (Phi) is 7.17. The zero-order valence-corrected chi connectivity index (χ0v) is 25.8. The Labute approximate surface area is 262 Å². The van der Waals surface area contributed by atoms with Gasteiger partial charge in [0.1, 0.15) is 6.04 Å². The number of carbonyl (C=O) groups is 3. The Bertz CT molecular complexity index is 1690. The highest BCUT2D eigenvalue weighted by molar-refractivity contribution is 8.02. The van der Waals surface area contributed by atoms with Gasteiger partial charge in [-0.05, 0) is 41.8 Å². The van der Waals surface area contributed by atoms with Gasteiger partial charge in [0.25, 0.3) is 5.91 Å². The van der Waals surface area contributed by atoms with E-state index in [2.05, 4.69) is 6.08 Å². The van der Waals surface area contributed by atoms with Crippen molar-refractivity contribution in [3.05, 3.63) is 103 Å². The van der Waals surface area contributed by atoms with Crippen molar-refractivity contribution in [2.75, 3.05) is 24.6 Å². The lowest BCUT2D eigenvalue weighted by molar-refractivity contribution is -0.145. The fraction of sp³-hybridized carbons (Fsp3) is 0.361. The molecule has 1 spiro atoms. The van der Waals surface area contributed by atoms with E-state index in [1.807, 2.05) is 110 Å². The van der Waals surface area contributed by atoms with Gasteiger partial charge in [-0.1, -0.05) is 91.9 Å². The minimum absolute atomic E-state index is 0.0711. The summed E-state index contributed by atoms with van der Waals surface area (Å²) in [5.41, 5.74) is 1.79. The SMILES string of the molecule is CC[C@@H](CO)N1C(=O)[C@@H]2[C@H]3C(=O)N(Cc4ccccc4)CC=C[C@@]3(C)S[C@@]23C=CCN(c2ccc4ccccc4c2)C(=O)C13. The van der Waals surface area contributed by atoms with Crippen LogP contribution in [-0.4, -0.2) is 73.9 Å². The number of hydrogen-bond acceptors (Lipinski definition) is 5. The van der Waals surface area contributed by atoms with E-state index in [0.717, 1.165) is 22.0 Å². The lowest BCUT2D eigenvalue weighted by atomic mass is 9.74. The Morgan fingerprint density at radius 1 is 0.864 bits per heavy atom. The van der Waals surface area contributed by atoms with Crippen LogP contribution in [0.3, 0.4) is 0 Å². The van der Waals surface area contributed by atoms with Crippen LogP contribution >= 0.6 is 11.8 Å². The second-order valence-corrected chi connectivity index (χ2v) is 14.3. The predicted octanol–water partition coefficient (Wildman–Crippen LogP) is 4.80. The zero-order valence-electron chi connectivity index (χ0n) is 25.0. The number of aliphatic hydroxyl groups excluding tert-OH is 1. The molecule has 4 aliphatic heterocycles. The second kappa shape index (κ2) is 10.9. The fourth-order valence-electron chi connectivity index (χ4n) is 7.84. The summed E-state index contributed by atoms with van der Waals surface area (Å²) in [6, 6.07) is 22.5. The summed E-state index contributed by atoms with van der Waals surface area (Å²) in [5.74, 6) is -1.88. The average Bonchev–Trinajstić information content (AvgIpc) is 3.31. The number of nitrogens with zero attached hydrogens (tertiary/aromatic N) is 3. The van der Waals surface area contributed by atoms with Crippen LogP contribution in [0.5, 0.6) is 0 Å². The highest BCUT2D eigenvalue weighted by Gasteiger charge is 2.74. The molecule has 4 heterocycles. The molecule has 8 heteroatoms. The number of aliphatic hydroxyl groups is 1. The van der Waals surface area contributed by atoms with E-state index in [4.69, 9.17) is 0 Å². The summed E-state index contributed by atoms with van der Waals surface area (Å²) in [4.78, 5) is 49.3. The molecule has 3 aromatic rings. The molecule has 7 nitrogen and oxygen atoms in total. The van der Waals surface area contributed by atoms with Crippen molar-refractivity contribution in [1.82, 2.24) is 9.80 Å². The number of benzene rings is 3. The zero-order chi connectivity index (χ0) is 30.6. The van der Waals surface area contributed by atoms with E-state index >= 15 is 0 Å². The molecule has 2 fully saturated rings. The number of rotatable bonds is 6. The second-order valence-electron chi connectivity index (χ2n) is 12.5. The van der Waals surface area contributed by atoms with Crippen LogP contribution in [0, 0.1) is 11.8 Å². The summed E-state index contributed by atoms with van der Waals surface area (Å²) in [7, 11) is 0. The summed E-state index contributed by atoms with van der Waals surface area (Å²) in [6.45, 7) is 4.96. The van der Waals surface area contributed by atoms with Crippen molar-refractivity contribution in [1.29, 1.82) is 0 Å². The summed E-state index contributed by atoms with van der Waals surface area (Å²) < 4.78 is -1.64. The summed E-state index contributed by atoms with van der Waals surface area (Å²) in [6.07, 6.45) is 8.65. The highest BCUT2D eigenvalue weighted by Crippen LogP contribution is 2.66. The number of likely N-dealkylation sites (tertiary alicyclic amines) is 1. The van der Waals surface area contributed by atoms with Crippen molar-refractivity contribution in [3.63, 3.8) is 0 Å². The van der Waals surface area contributed by atoms with Crippen LogP contribution in [0.1, 0.15) is 25.8 Å². The lowest BCUT2D eigenvalue weighted by Crippen LogP contribution is -2.56. The lowest BCUT2D eigenvalue weighted by Gasteiger charge is -2.39. The molecule has 7 rings (SSSR count). The van der Waals surface area contributed by atoms with Crippen LogP contribution in [0.4, 0.5) is 5.69 Å². The van der Waals surface area contributed by atoms with Crippen molar-refractivity contribution in [3.8, 4) is 0 Å². The van der Waals surface area contributed by atoms with Gasteiger partial charge in [0.2, 0.25) is 11.8 Å². The molecule has 0 aliphatic carbocycles. The van der Waals surface area contributed by atoms with Gasteiger partial charge in [-0.2, -0.15) is 0 Å². The van der Waals surface area contributed by atoms with Crippen molar-refractivity contribution in [2.45, 2.75) is 48.4 Å². The Morgan fingerprint density at radius 3 is 2.34 bits per heavy atom. The maximum atomic E-state index is 14.8. The van der Waals surface area contributed by atoms with Gasteiger partial charge in [-0.3, -0.25) is 14.4 Å². The van der Waals surface area contributed by atoms with Gasteiger partial charge in [0.05, 0.1) is 29.2 Å². The van der Waals surface area contributed by atoms with E-state index in [1.165, 1.54) is 0 Å². The van der Waals surface area contributed by atoms with Crippen LogP contribution in [0.25, 0.3) is 10.8 Å². The molecule has 1 unspecified atom stereocenters. The number of thioether (sulfide) groups is 1. The molecule has 226 valence electrons. The largest absolute Gasteiger partial charge is 0.394 e. The minimum Gasteiger partial charge on any atom is -0.394 e. The Balaban J connectivity index is 1.33. The molecule has 3 aromatic carbocycles. The van der Waals surface area contributed by atoms with E-state index in [-0.39, 0.29) is 24.3 Å². The van der Waals surface area contributed by atoms with Crippen LogP contribution in [-0.2, 0) is 20.9 Å². The van der Waals surface area contributed by atoms with Gasteiger partial charge in [0, 0.05) is 30.1 Å². The summed E-state index contributed by atoms with van der Waals surface area (Å²) >= 11 is 1.57. The maximum absolute atomic E-state index is 14.8. The first kappa shape index (κ1) is 28.9. The van der Waals surface area contributed by atoms with Crippen LogP contribution in [0.15, 0.2) is 97.1 Å². The fourth-order valence-corrected chi connectivity index (χ4v) is 9.98. The molecule has 3 amide bonds. The van der Waals surface area contributed by atoms with Crippen LogP contribution in [0.2, 0.25) is 0 Å². The molecule has 44 heavy (non-hydrogen) atoms. The van der Waals surface area contributed by atoms with Crippen molar-refractivity contribution < 1.29 is 19.5 Å². The number of fused-ring (bicyclic) bond motifs is 3. The normalized spacial score (nSPS) is 30.3. The van der Waals surface area contributed by atoms with E-state index in [9.17, 15) is 19.5 Å². The highest BCUT2D eigenvalue weighted by atomic mass is 32.2. The van der Waals surface area contributed by atoms with Gasteiger partial charge in [-0.25, -0.2) is 0 Å². The van der Waals surface area contributed by atoms with Gasteiger partial charge >= 0.3 is 0 Å². The standard InChI is InChI=1S/C36H37N3O4S/c1-3-27(23-40)39-31-34(43)38(28-16-15-25-13-7-8-14-26(25)21-28)20-10-18-36(31)30(33(39)42)29-32(41)37(19-9-17-35(29,2)44-36)22-24-11-5-4-6-12-24/h4-18,21,27,29-31,40H,3,19-20,22-23H2,1-2H3/t27-,29-,30-,31?,35+,36-/m0/s1. The first-order valence-electron chi connectivity index (χ1n) is 15.4. The number of anilines is 1. The molecule has 2 saturated heterocycles. The third-order valence-electron chi connectivity index (χ3n) is 9.91. The van der Waals surface area contributed by atoms with Crippen molar-refractivity contribution >= 4 is 45.9 Å². The first-order valence-corrected chi connectivity index (χ1v) is 16.2. The molecule has 1 N–H and O–H groups in total. The molecular weight excluding hydrogens is 570 g/mol. The van der Waals surface area contributed by atoms with E-state index < -0.39 is 33.4 Å². The molecule has 4 aliphatic rings. The Hall–Kier alpha value is -3.88. The first-order chi connectivity index (χ1) is 21.3. The quantitative estimate of drug-likeness (QED) is 0.408. The predicted molar refractivity (Wildman–Crippen MR) is 174 cm³/mol. The van der Waals surface area contributed by atoms with Gasteiger partial charge in [0.15, 0.2) is 0 Å². The molecule has 0 radical (unpaired) electrons. The molecule has 0 aromatic heterocycles. The maximum Gasteiger partial charge on any atom is 0.251 e. The third-order valence-corrected chi connectivity index (χ3v) is 11.7. The number of hydrogen-bond donors (Lipinski definition) is 1. The van der Waals surface area contributed by atoms with Gasteiger partial charge < -0.3 is 19.8 Å². The Morgan fingerprint density at radius 2 is 1.59 bits per heavy atom. The van der Waals surface area contributed by atoms with Gasteiger partial charge in [-0.15, -0.1) is 11.8 Å². The smallest absolute Gasteiger partial charge is 0.251 e. The van der Waals surface area contributed by atoms with Crippen LogP contribution < -0.4 is 4.90 Å². The monoisotopic (exact) mass is 607 g/mol. The summed E-state index contributed by atoms with van der Waals surface area (Å²) in [5, 5.41) is 12.6. The average molecular weight is 608 g/mol. The third kappa shape index (κ3) is 4.33. The molecule has 6 atom stereocenters. The molecular formula is C36H37N3O4S. The number of amides is 3. The van der Waals surface area contributed by atoms with E-state index in [1.54, 1.807) is 21.6 Å². The molecule has 0 bridgehead atoms. The minimum atomic E-state index is -0.961. The number of carbonyl (C=O) groups excluding carboxylic acids is 3. The van der Waals surface area contributed by atoms with Crippen molar-refractivity contribution in [2.24, 2.45) is 11.8 Å². The topological polar surface area (TPSA) is 81.2 Å². The molecule has 0 saturated carbocycles.